The van der Waals surface area contributed by atoms with Crippen LogP contribution in [0.2, 0.25) is 0 Å². The molecule has 2 atom stereocenters. The standard InChI is InChI=1S/C14H18F3NS/c1-2-18-13(12-7-4-8-19-12)10-5-3-6-11(9-10)14(15,16)17/h3,5-6,9,12-13,18H,2,4,7-8H2,1H3. The summed E-state index contributed by atoms with van der Waals surface area (Å²) in [6.45, 7) is 2.75. The van der Waals surface area contributed by atoms with E-state index < -0.39 is 11.7 Å². The Kier molecular flexibility index (Phi) is 4.79. The van der Waals surface area contributed by atoms with Crippen molar-refractivity contribution in [2.75, 3.05) is 12.3 Å². The Hall–Kier alpha value is -0.680. The lowest BCUT2D eigenvalue weighted by Crippen LogP contribution is -2.29. The fourth-order valence-electron chi connectivity index (χ4n) is 2.46. The summed E-state index contributed by atoms with van der Waals surface area (Å²) >= 11 is 1.85. The molecule has 1 fully saturated rings. The third-order valence-corrected chi connectivity index (χ3v) is 4.79. The van der Waals surface area contributed by atoms with Crippen LogP contribution >= 0.6 is 11.8 Å². The van der Waals surface area contributed by atoms with Crippen LogP contribution < -0.4 is 5.32 Å². The Morgan fingerprint density at radius 3 is 2.79 bits per heavy atom. The van der Waals surface area contributed by atoms with Gasteiger partial charge < -0.3 is 5.32 Å². The van der Waals surface area contributed by atoms with Crippen LogP contribution in [0.15, 0.2) is 24.3 Å². The average Bonchev–Trinajstić information content (AvgIpc) is 2.88. The summed E-state index contributed by atoms with van der Waals surface area (Å²) in [6, 6.07) is 5.73. The van der Waals surface area contributed by atoms with Crippen LogP contribution in [0.3, 0.4) is 0 Å². The van der Waals surface area contributed by atoms with Gasteiger partial charge in [-0.1, -0.05) is 19.1 Å². The minimum Gasteiger partial charge on any atom is -0.309 e. The molecule has 5 heteroatoms. The van der Waals surface area contributed by atoms with Crippen molar-refractivity contribution >= 4 is 11.8 Å². The van der Waals surface area contributed by atoms with E-state index in [0.29, 0.717) is 5.25 Å². The van der Waals surface area contributed by atoms with Crippen LogP contribution in [-0.4, -0.2) is 17.5 Å². The van der Waals surface area contributed by atoms with Gasteiger partial charge in [-0.15, -0.1) is 0 Å². The molecule has 19 heavy (non-hydrogen) atoms. The first-order valence-electron chi connectivity index (χ1n) is 6.54. The van der Waals surface area contributed by atoms with Gasteiger partial charge in [-0.2, -0.15) is 24.9 Å². The summed E-state index contributed by atoms with van der Waals surface area (Å²) in [6.07, 6.45) is -2.05. The van der Waals surface area contributed by atoms with Crippen molar-refractivity contribution in [2.24, 2.45) is 0 Å². The molecule has 1 aliphatic heterocycles. The molecule has 0 radical (unpaired) electrons. The van der Waals surface area contributed by atoms with E-state index in [1.165, 1.54) is 12.1 Å². The summed E-state index contributed by atoms with van der Waals surface area (Å²) in [4.78, 5) is 0. The number of thioether (sulfide) groups is 1. The molecular weight excluding hydrogens is 271 g/mol. The molecule has 2 unspecified atom stereocenters. The molecule has 2 rings (SSSR count). The lowest BCUT2D eigenvalue weighted by atomic mass is 9.98. The molecule has 1 nitrogen and oxygen atoms in total. The fourth-order valence-corrected chi connectivity index (χ4v) is 3.87. The lowest BCUT2D eigenvalue weighted by molar-refractivity contribution is -0.137. The maximum atomic E-state index is 12.8. The second-order valence-corrected chi connectivity index (χ2v) is 6.06. The molecule has 1 heterocycles. The first-order valence-corrected chi connectivity index (χ1v) is 7.59. The van der Waals surface area contributed by atoms with Crippen molar-refractivity contribution in [3.05, 3.63) is 35.4 Å². The SMILES string of the molecule is CCNC(c1cccc(C(F)(F)F)c1)C1CCCS1. The van der Waals surface area contributed by atoms with Gasteiger partial charge in [0.05, 0.1) is 5.56 Å². The third kappa shape index (κ3) is 3.66. The van der Waals surface area contributed by atoms with Crippen LogP contribution in [0.1, 0.15) is 36.9 Å². The van der Waals surface area contributed by atoms with Crippen LogP contribution in [0.25, 0.3) is 0 Å². The summed E-state index contributed by atoms with van der Waals surface area (Å²) in [7, 11) is 0. The minimum absolute atomic E-state index is 0.0137. The molecule has 106 valence electrons. The molecule has 0 spiro atoms. The van der Waals surface area contributed by atoms with E-state index in [2.05, 4.69) is 5.32 Å². The van der Waals surface area contributed by atoms with E-state index in [1.54, 1.807) is 6.07 Å². The Morgan fingerprint density at radius 1 is 1.42 bits per heavy atom. The zero-order valence-corrected chi connectivity index (χ0v) is 11.7. The Labute approximate surface area is 116 Å². The zero-order chi connectivity index (χ0) is 13.9. The van der Waals surface area contributed by atoms with E-state index in [9.17, 15) is 13.2 Å². The molecular formula is C14H18F3NS. The van der Waals surface area contributed by atoms with Crippen molar-refractivity contribution in [1.82, 2.24) is 5.32 Å². The number of halogens is 3. The molecule has 1 N–H and O–H groups in total. The summed E-state index contributed by atoms with van der Waals surface area (Å²) < 4.78 is 38.3. The highest BCUT2D eigenvalue weighted by atomic mass is 32.2. The fraction of sp³-hybridized carbons (Fsp3) is 0.571. The monoisotopic (exact) mass is 289 g/mol. The van der Waals surface area contributed by atoms with Crippen LogP contribution in [-0.2, 0) is 6.18 Å². The predicted octanol–water partition coefficient (Wildman–Crippen LogP) is 4.25. The predicted molar refractivity (Wildman–Crippen MR) is 73.3 cm³/mol. The molecule has 0 aromatic heterocycles. The van der Waals surface area contributed by atoms with Gasteiger partial charge in [-0.05, 0) is 42.8 Å². The maximum Gasteiger partial charge on any atom is 0.416 e. The number of rotatable bonds is 4. The molecule has 0 aliphatic carbocycles. The van der Waals surface area contributed by atoms with E-state index in [0.717, 1.165) is 36.8 Å². The molecule has 1 aromatic rings. The Morgan fingerprint density at radius 2 is 2.21 bits per heavy atom. The molecule has 0 bridgehead atoms. The van der Waals surface area contributed by atoms with Crippen LogP contribution in [0, 0.1) is 0 Å². The summed E-state index contributed by atoms with van der Waals surface area (Å²) in [5.41, 5.74) is 0.187. The zero-order valence-electron chi connectivity index (χ0n) is 10.8. The highest BCUT2D eigenvalue weighted by Crippen LogP contribution is 2.37. The lowest BCUT2D eigenvalue weighted by Gasteiger charge is -2.25. The molecule has 0 amide bonds. The highest BCUT2D eigenvalue weighted by molar-refractivity contribution is 8.00. The first kappa shape index (κ1) is 14.7. The first-order chi connectivity index (χ1) is 9.02. The van der Waals surface area contributed by atoms with Gasteiger partial charge in [-0.3, -0.25) is 0 Å². The molecule has 0 saturated carbocycles. The second kappa shape index (κ2) is 6.18. The van der Waals surface area contributed by atoms with E-state index in [1.807, 2.05) is 18.7 Å². The second-order valence-electron chi connectivity index (χ2n) is 4.71. The van der Waals surface area contributed by atoms with Gasteiger partial charge >= 0.3 is 6.18 Å². The van der Waals surface area contributed by atoms with Crippen LogP contribution in [0.4, 0.5) is 13.2 Å². The molecule has 1 saturated heterocycles. The van der Waals surface area contributed by atoms with Gasteiger partial charge in [0.1, 0.15) is 0 Å². The topological polar surface area (TPSA) is 12.0 Å². The van der Waals surface area contributed by atoms with Crippen LogP contribution in [0.5, 0.6) is 0 Å². The van der Waals surface area contributed by atoms with Crippen molar-refractivity contribution < 1.29 is 13.2 Å². The quantitative estimate of drug-likeness (QED) is 0.889. The van der Waals surface area contributed by atoms with Gasteiger partial charge in [0.2, 0.25) is 0 Å². The van der Waals surface area contributed by atoms with Crippen molar-refractivity contribution in [2.45, 2.75) is 37.2 Å². The summed E-state index contributed by atoms with van der Waals surface area (Å²) in [5, 5.41) is 3.71. The Bertz CT molecular complexity index is 413. The number of hydrogen-bond acceptors (Lipinski definition) is 2. The van der Waals surface area contributed by atoms with Gasteiger partial charge in [0.15, 0.2) is 0 Å². The maximum absolute atomic E-state index is 12.8. The van der Waals surface area contributed by atoms with Gasteiger partial charge in [0.25, 0.3) is 0 Å². The number of nitrogens with one attached hydrogen (secondary N) is 1. The van der Waals surface area contributed by atoms with E-state index in [-0.39, 0.29) is 6.04 Å². The van der Waals surface area contributed by atoms with Crippen molar-refractivity contribution in [3.63, 3.8) is 0 Å². The number of hydrogen-bond donors (Lipinski definition) is 1. The number of benzene rings is 1. The Balaban J connectivity index is 2.25. The van der Waals surface area contributed by atoms with Crippen molar-refractivity contribution in [3.8, 4) is 0 Å². The normalized spacial score (nSPS) is 21.6. The largest absolute Gasteiger partial charge is 0.416 e. The van der Waals surface area contributed by atoms with Gasteiger partial charge in [-0.25, -0.2) is 0 Å². The van der Waals surface area contributed by atoms with E-state index >= 15 is 0 Å². The minimum atomic E-state index is -4.27. The van der Waals surface area contributed by atoms with E-state index in [4.69, 9.17) is 0 Å². The average molecular weight is 289 g/mol. The molecule has 1 aromatic carbocycles. The summed E-state index contributed by atoms with van der Waals surface area (Å²) in [5.74, 6) is 1.10. The van der Waals surface area contributed by atoms with Crippen molar-refractivity contribution in [1.29, 1.82) is 0 Å². The highest BCUT2D eigenvalue weighted by Gasteiger charge is 2.32. The van der Waals surface area contributed by atoms with Gasteiger partial charge in [0, 0.05) is 11.3 Å². The number of alkyl halides is 3. The molecule has 1 aliphatic rings. The third-order valence-electron chi connectivity index (χ3n) is 3.33. The smallest absolute Gasteiger partial charge is 0.309 e.